The van der Waals surface area contributed by atoms with Gasteiger partial charge in [0.05, 0.1) is 17.2 Å². The van der Waals surface area contributed by atoms with Gasteiger partial charge in [-0.15, -0.1) is 0 Å². The molecule has 0 spiro atoms. The van der Waals surface area contributed by atoms with Crippen LogP contribution >= 0.6 is 0 Å². The van der Waals surface area contributed by atoms with Crippen LogP contribution in [-0.2, 0) is 23.7 Å². The maximum atomic E-state index is 12.7. The Morgan fingerprint density at radius 1 is 0.938 bits per heavy atom. The molecule has 2 aromatic carbocycles. The summed E-state index contributed by atoms with van der Waals surface area (Å²) in [4.78, 5) is 25.1. The van der Waals surface area contributed by atoms with Crippen molar-refractivity contribution in [3.05, 3.63) is 71.8 Å². The Hall–Kier alpha value is -2.74. The van der Waals surface area contributed by atoms with E-state index >= 15 is 0 Å². The van der Waals surface area contributed by atoms with Gasteiger partial charge in [-0.3, -0.25) is 0 Å². The van der Waals surface area contributed by atoms with Gasteiger partial charge >= 0.3 is 11.9 Å². The molecule has 170 valence electrons. The van der Waals surface area contributed by atoms with Gasteiger partial charge in [-0.1, -0.05) is 43.3 Å². The van der Waals surface area contributed by atoms with Crippen LogP contribution in [0.15, 0.2) is 60.7 Å². The third kappa shape index (κ3) is 5.18. The maximum Gasteiger partial charge on any atom is 0.338 e. The van der Waals surface area contributed by atoms with Crippen molar-refractivity contribution in [1.29, 1.82) is 0 Å². The lowest BCUT2D eigenvalue weighted by atomic mass is 9.96. The zero-order valence-corrected chi connectivity index (χ0v) is 18.4. The lowest BCUT2D eigenvalue weighted by Crippen LogP contribution is -2.34. The Bertz CT molecular complexity index is 928. The van der Waals surface area contributed by atoms with Gasteiger partial charge in [0.1, 0.15) is 18.8 Å². The SMILES string of the molecule is C[C@@H]1C2OC(C)(C)O[C@H]2O[C@@H]1CC(COC(=O)c1ccccc1)OC(=O)c1ccccc1. The number of carbonyl (C=O) groups excluding carboxylic acids is 2. The number of benzene rings is 2. The Balaban J connectivity index is 1.42. The number of fused-ring (bicyclic) bond motifs is 1. The van der Waals surface area contributed by atoms with Crippen LogP contribution in [0, 0.1) is 5.92 Å². The number of esters is 2. The predicted molar refractivity (Wildman–Crippen MR) is 115 cm³/mol. The molecule has 0 aliphatic carbocycles. The minimum absolute atomic E-state index is 0.0181. The van der Waals surface area contributed by atoms with E-state index < -0.39 is 30.1 Å². The van der Waals surface area contributed by atoms with Crippen molar-refractivity contribution in [2.75, 3.05) is 6.61 Å². The molecule has 0 saturated carbocycles. The Morgan fingerprint density at radius 2 is 1.53 bits per heavy atom. The summed E-state index contributed by atoms with van der Waals surface area (Å²) in [6.45, 7) is 5.64. The van der Waals surface area contributed by atoms with E-state index in [0.717, 1.165) is 0 Å². The normalized spacial score (nSPS) is 26.8. The van der Waals surface area contributed by atoms with E-state index in [1.54, 1.807) is 48.5 Å². The number of carbonyl (C=O) groups is 2. The van der Waals surface area contributed by atoms with Gasteiger partial charge in [-0.25, -0.2) is 9.59 Å². The van der Waals surface area contributed by atoms with Crippen molar-refractivity contribution in [3.63, 3.8) is 0 Å². The van der Waals surface area contributed by atoms with E-state index in [2.05, 4.69) is 0 Å². The van der Waals surface area contributed by atoms with Crippen molar-refractivity contribution in [2.45, 2.75) is 57.6 Å². The second-order valence-electron chi connectivity index (χ2n) is 8.60. The smallest absolute Gasteiger partial charge is 0.338 e. The standard InChI is InChI=1S/C25H28O7/c1-16-20(30-24-21(16)31-25(2,3)32-24)14-19(29-23(27)18-12-8-5-9-13-18)15-28-22(26)17-10-6-4-7-11-17/h4-13,16,19-21,24H,14-15H2,1-3H3/t16-,19?,20+,21?,24+/m0/s1. The molecule has 2 aliphatic rings. The number of ether oxygens (including phenoxy) is 5. The van der Waals surface area contributed by atoms with Crippen LogP contribution < -0.4 is 0 Å². The summed E-state index contributed by atoms with van der Waals surface area (Å²) in [5, 5.41) is 0. The van der Waals surface area contributed by atoms with Gasteiger partial charge in [-0.05, 0) is 38.1 Å². The second kappa shape index (κ2) is 9.40. The van der Waals surface area contributed by atoms with Crippen molar-refractivity contribution in [2.24, 2.45) is 5.92 Å². The van der Waals surface area contributed by atoms with Crippen molar-refractivity contribution >= 4 is 11.9 Å². The summed E-state index contributed by atoms with van der Waals surface area (Å²) in [5.41, 5.74) is 0.863. The van der Waals surface area contributed by atoms with Crippen LogP contribution in [0.4, 0.5) is 0 Å². The van der Waals surface area contributed by atoms with Crippen LogP contribution in [0.1, 0.15) is 47.9 Å². The van der Waals surface area contributed by atoms with E-state index in [0.29, 0.717) is 17.5 Å². The molecule has 7 heteroatoms. The average molecular weight is 440 g/mol. The quantitative estimate of drug-likeness (QED) is 0.603. The highest BCUT2D eigenvalue weighted by Gasteiger charge is 2.53. The summed E-state index contributed by atoms with van der Waals surface area (Å²) < 4.78 is 29.0. The van der Waals surface area contributed by atoms with E-state index in [-0.39, 0.29) is 24.7 Å². The molecular weight excluding hydrogens is 412 g/mol. The van der Waals surface area contributed by atoms with E-state index in [1.165, 1.54) is 0 Å². The molecule has 2 heterocycles. The fraction of sp³-hybridized carbons (Fsp3) is 0.440. The van der Waals surface area contributed by atoms with Gasteiger partial charge in [0.2, 0.25) is 0 Å². The minimum atomic E-state index is -0.695. The first-order valence-electron chi connectivity index (χ1n) is 10.8. The molecule has 2 unspecified atom stereocenters. The summed E-state index contributed by atoms with van der Waals surface area (Å²) in [5.74, 6) is -1.63. The van der Waals surface area contributed by atoms with Crippen molar-refractivity contribution in [3.8, 4) is 0 Å². The monoisotopic (exact) mass is 440 g/mol. The minimum Gasteiger partial charge on any atom is -0.458 e. The predicted octanol–water partition coefficient (Wildman–Crippen LogP) is 3.97. The molecule has 0 radical (unpaired) electrons. The molecule has 0 amide bonds. The number of hydrogen-bond acceptors (Lipinski definition) is 7. The third-order valence-corrected chi connectivity index (χ3v) is 5.69. The molecule has 5 atom stereocenters. The molecule has 32 heavy (non-hydrogen) atoms. The van der Waals surface area contributed by atoms with E-state index in [9.17, 15) is 9.59 Å². The molecular formula is C25H28O7. The lowest BCUT2D eigenvalue weighted by molar-refractivity contribution is -0.212. The first-order chi connectivity index (χ1) is 15.3. The fourth-order valence-electron chi connectivity index (χ4n) is 4.03. The second-order valence-corrected chi connectivity index (χ2v) is 8.60. The van der Waals surface area contributed by atoms with Gasteiger partial charge in [0.15, 0.2) is 12.1 Å². The molecule has 2 aliphatic heterocycles. The summed E-state index contributed by atoms with van der Waals surface area (Å²) in [6.07, 6.45) is -1.28. The molecule has 0 aromatic heterocycles. The zero-order chi connectivity index (χ0) is 22.7. The van der Waals surface area contributed by atoms with Crippen LogP contribution in [0.5, 0.6) is 0 Å². The van der Waals surface area contributed by atoms with Crippen LogP contribution in [0.2, 0.25) is 0 Å². The number of hydrogen-bond donors (Lipinski definition) is 0. The first-order valence-corrected chi connectivity index (χ1v) is 10.8. The zero-order valence-electron chi connectivity index (χ0n) is 18.4. The molecule has 7 nitrogen and oxygen atoms in total. The Morgan fingerprint density at radius 3 is 2.12 bits per heavy atom. The topological polar surface area (TPSA) is 80.3 Å². The lowest BCUT2D eigenvalue weighted by Gasteiger charge is -2.26. The van der Waals surface area contributed by atoms with Crippen LogP contribution in [0.3, 0.4) is 0 Å². The fourth-order valence-corrected chi connectivity index (χ4v) is 4.03. The molecule has 2 saturated heterocycles. The average Bonchev–Trinajstić information content (AvgIpc) is 3.24. The van der Waals surface area contributed by atoms with E-state index in [1.807, 2.05) is 32.9 Å². The Kier molecular flexibility index (Phi) is 6.60. The molecule has 0 bridgehead atoms. The Labute approximate surface area is 187 Å². The van der Waals surface area contributed by atoms with Crippen LogP contribution in [0.25, 0.3) is 0 Å². The molecule has 2 fully saturated rings. The van der Waals surface area contributed by atoms with Gasteiger partial charge in [0.25, 0.3) is 0 Å². The molecule has 4 rings (SSSR count). The third-order valence-electron chi connectivity index (χ3n) is 5.69. The van der Waals surface area contributed by atoms with Gasteiger partial charge in [-0.2, -0.15) is 0 Å². The summed E-state index contributed by atoms with van der Waals surface area (Å²) in [6, 6.07) is 17.4. The first kappa shape index (κ1) is 22.5. The maximum absolute atomic E-state index is 12.7. The van der Waals surface area contributed by atoms with E-state index in [4.69, 9.17) is 23.7 Å². The van der Waals surface area contributed by atoms with Crippen molar-refractivity contribution < 1.29 is 33.3 Å². The van der Waals surface area contributed by atoms with Gasteiger partial charge in [0, 0.05) is 12.3 Å². The summed E-state index contributed by atoms with van der Waals surface area (Å²) in [7, 11) is 0. The van der Waals surface area contributed by atoms with Crippen molar-refractivity contribution in [1.82, 2.24) is 0 Å². The molecule has 0 N–H and O–H groups in total. The summed E-state index contributed by atoms with van der Waals surface area (Å²) >= 11 is 0. The highest BCUT2D eigenvalue weighted by atomic mass is 16.8. The van der Waals surface area contributed by atoms with Gasteiger partial charge < -0.3 is 23.7 Å². The molecule has 2 aromatic rings. The highest BCUT2D eigenvalue weighted by molar-refractivity contribution is 5.90. The largest absolute Gasteiger partial charge is 0.458 e. The van der Waals surface area contributed by atoms with Crippen LogP contribution in [-0.4, -0.2) is 48.9 Å². The highest BCUT2D eigenvalue weighted by Crippen LogP contribution is 2.41. The number of rotatable bonds is 7.